The van der Waals surface area contributed by atoms with Gasteiger partial charge in [-0.3, -0.25) is 4.79 Å². The predicted molar refractivity (Wildman–Crippen MR) is 102 cm³/mol. The van der Waals surface area contributed by atoms with Gasteiger partial charge in [0.2, 0.25) is 0 Å². The van der Waals surface area contributed by atoms with Crippen LogP contribution >= 0.6 is 11.3 Å². The summed E-state index contributed by atoms with van der Waals surface area (Å²) in [7, 11) is 0. The van der Waals surface area contributed by atoms with Gasteiger partial charge in [0.15, 0.2) is 0 Å². The maximum Gasteiger partial charge on any atom is 0.315 e. The molecule has 2 aromatic heterocycles. The third-order valence-corrected chi connectivity index (χ3v) is 5.76. The average molecular weight is 375 g/mol. The van der Waals surface area contributed by atoms with Crippen molar-refractivity contribution in [1.29, 1.82) is 0 Å². The average Bonchev–Trinajstić information content (AvgIpc) is 3.24. The molecule has 0 spiro atoms. The lowest BCUT2D eigenvalue weighted by Crippen LogP contribution is -2.49. The third-order valence-electron chi connectivity index (χ3n) is 4.78. The van der Waals surface area contributed by atoms with Gasteiger partial charge in [-0.15, -0.1) is 11.3 Å². The van der Waals surface area contributed by atoms with Gasteiger partial charge in [0.25, 0.3) is 5.91 Å². The smallest absolute Gasteiger partial charge is 0.315 e. The van der Waals surface area contributed by atoms with Crippen molar-refractivity contribution in [1.82, 2.24) is 15.5 Å². The summed E-state index contributed by atoms with van der Waals surface area (Å²) in [5.41, 5.74) is 1.74. The Balaban J connectivity index is 1.46. The SMILES string of the molecule is Cc1cc(C(C)NC(=O)NC2CCN(C(=O)c3ccoc3)CC2)c(C)s1. The van der Waals surface area contributed by atoms with Gasteiger partial charge in [0.05, 0.1) is 17.9 Å². The largest absolute Gasteiger partial charge is 0.472 e. The maximum absolute atomic E-state index is 12.3. The van der Waals surface area contributed by atoms with Crippen molar-refractivity contribution < 1.29 is 14.0 Å². The van der Waals surface area contributed by atoms with Gasteiger partial charge in [0.1, 0.15) is 6.26 Å². The molecule has 0 saturated carbocycles. The topological polar surface area (TPSA) is 74.6 Å². The molecule has 1 fully saturated rings. The molecule has 2 N–H and O–H groups in total. The van der Waals surface area contributed by atoms with Gasteiger partial charge >= 0.3 is 6.03 Å². The van der Waals surface area contributed by atoms with Crippen molar-refractivity contribution >= 4 is 23.3 Å². The molecule has 0 radical (unpaired) electrons. The normalized spacial score (nSPS) is 16.3. The molecule has 3 rings (SSSR count). The molecule has 6 nitrogen and oxygen atoms in total. The van der Waals surface area contributed by atoms with Crippen LogP contribution in [0.15, 0.2) is 29.1 Å². The van der Waals surface area contributed by atoms with Crippen LogP contribution in [0.2, 0.25) is 0 Å². The van der Waals surface area contributed by atoms with Crippen LogP contribution < -0.4 is 10.6 Å². The highest BCUT2D eigenvalue weighted by molar-refractivity contribution is 7.12. The molecule has 1 saturated heterocycles. The second kappa shape index (κ2) is 7.95. The molecule has 26 heavy (non-hydrogen) atoms. The van der Waals surface area contributed by atoms with Crippen LogP contribution in [0.1, 0.15) is 51.5 Å². The lowest BCUT2D eigenvalue weighted by molar-refractivity contribution is 0.0707. The highest BCUT2D eigenvalue weighted by Gasteiger charge is 2.25. The number of carbonyl (C=O) groups excluding carboxylic acids is 2. The number of piperidine rings is 1. The quantitative estimate of drug-likeness (QED) is 0.857. The minimum atomic E-state index is -0.152. The Morgan fingerprint density at radius 2 is 2.04 bits per heavy atom. The van der Waals surface area contributed by atoms with Crippen molar-refractivity contribution in [3.05, 3.63) is 45.5 Å². The van der Waals surface area contributed by atoms with Crippen LogP contribution in [0.4, 0.5) is 4.79 Å². The van der Waals surface area contributed by atoms with Crippen molar-refractivity contribution in [2.24, 2.45) is 0 Å². The Hall–Kier alpha value is -2.28. The standard InChI is InChI=1S/C19H25N3O3S/c1-12-10-17(14(3)26-12)13(2)20-19(24)21-16-4-7-22(8-5-16)18(23)15-6-9-25-11-15/h6,9-11,13,16H,4-5,7-8H2,1-3H3,(H2,20,21,24). The number of nitrogens with zero attached hydrogens (tertiary/aromatic N) is 1. The Morgan fingerprint density at radius 1 is 1.31 bits per heavy atom. The van der Waals surface area contributed by atoms with E-state index in [1.165, 1.54) is 27.8 Å². The summed E-state index contributed by atoms with van der Waals surface area (Å²) in [6.07, 6.45) is 4.48. The maximum atomic E-state index is 12.3. The minimum Gasteiger partial charge on any atom is -0.472 e. The van der Waals surface area contributed by atoms with Gasteiger partial charge in [0, 0.05) is 28.9 Å². The van der Waals surface area contributed by atoms with Crippen LogP contribution in [0.5, 0.6) is 0 Å². The summed E-state index contributed by atoms with van der Waals surface area (Å²) in [6.45, 7) is 7.42. The summed E-state index contributed by atoms with van der Waals surface area (Å²) >= 11 is 1.75. The fraction of sp³-hybridized carbons (Fsp3) is 0.474. The number of furan rings is 1. The molecule has 3 heterocycles. The summed E-state index contributed by atoms with van der Waals surface area (Å²) in [5.74, 6) is -0.0152. The van der Waals surface area contributed by atoms with Gasteiger partial charge in [-0.25, -0.2) is 4.79 Å². The lowest BCUT2D eigenvalue weighted by Gasteiger charge is -2.32. The van der Waals surface area contributed by atoms with E-state index in [1.807, 2.05) is 6.92 Å². The van der Waals surface area contributed by atoms with E-state index in [1.54, 1.807) is 22.3 Å². The van der Waals surface area contributed by atoms with Crippen molar-refractivity contribution in [2.75, 3.05) is 13.1 Å². The van der Waals surface area contributed by atoms with E-state index in [-0.39, 0.29) is 24.0 Å². The van der Waals surface area contributed by atoms with E-state index in [4.69, 9.17) is 4.42 Å². The first-order chi connectivity index (χ1) is 12.4. The molecule has 1 aliphatic rings. The number of hydrogen-bond donors (Lipinski definition) is 2. The van der Waals surface area contributed by atoms with Crippen molar-refractivity contribution in [3.8, 4) is 0 Å². The van der Waals surface area contributed by atoms with E-state index in [0.29, 0.717) is 18.7 Å². The summed E-state index contributed by atoms with van der Waals surface area (Å²) in [4.78, 5) is 28.9. The Morgan fingerprint density at radius 3 is 2.62 bits per heavy atom. The number of hydrogen-bond acceptors (Lipinski definition) is 4. The first-order valence-electron chi connectivity index (χ1n) is 8.89. The van der Waals surface area contributed by atoms with Crippen LogP contribution in [-0.4, -0.2) is 36.0 Å². The van der Waals surface area contributed by atoms with Crippen LogP contribution in [0, 0.1) is 13.8 Å². The number of thiophene rings is 1. The molecule has 2 aromatic rings. The van der Waals surface area contributed by atoms with Gasteiger partial charge in [-0.05, 0) is 51.3 Å². The Kier molecular flexibility index (Phi) is 5.66. The third kappa shape index (κ3) is 4.27. The van der Waals surface area contributed by atoms with Gasteiger partial charge in [-0.2, -0.15) is 0 Å². The van der Waals surface area contributed by atoms with E-state index in [2.05, 4.69) is 30.5 Å². The predicted octanol–water partition coefficient (Wildman–Crippen LogP) is 3.62. The fourth-order valence-corrected chi connectivity index (χ4v) is 4.40. The molecule has 0 bridgehead atoms. The summed E-state index contributed by atoms with van der Waals surface area (Å²) in [5, 5.41) is 6.05. The molecule has 140 valence electrons. The van der Waals surface area contributed by atoms with Gasteiger partial charge < -0.3 is 20.0 Å². The molecule has 0 aliphatic carbocycles. The second-order valence-electron chi connectivity index (χ2n) is 6.79. The number of urea groups is 1. The van der Waals surface area contributed by atoms with E-state index >= 15 is 0 Å². The van der Waals surface area contributed by atoms with Crippen molar-refractivity contribution in [2.45, 2.75) is 45.7 Å². The minimum absolute atomic E-state index is 0.0152. The number of aryl methyl sites for hydroxylation is 2. The molecule has 1 atom stereocenters. The zero-order chi connectivity index (χ0) is 18.7. The van der Waals surface area contributed by atoms with E-state index in [0.717, 1.165) is 12.8 Å². The number of amides is 3. The Bertz CT molecular complexity index is 761. The number of carbonyl (C=O) groups is 2. The molecular formula is C19H25N3O3S. The molecular weight excluding hydrogens is 350 g/mol. The number of nitrogens with one attached hydrogen (secondary N) is 2. The van der Waals surface area contributed by atoms with Crippen LogP contribution in [-0.2, 0) is 0 Å². The monoisotopic (exact) mass is 375 g/mol. The molecule has 7 heteroatoms. The number of rotatable bonds is 4. The van der Waals surface area contributed by atoms with Crippen LogP contribution in [0.25, 0.3) is 0 Å². The highest BCUT2D eigenvalue weighted by Crippen LogP contribution is 2.26. The highest BCUT2D eigenvalue weighted by atomic mass is 32.1. The van der Waals surface area contributed by atoms with E-state index < -0.39 is 0 Å². The molecule has 3 amide bonds. The zero-order valence-electron chi connectivity index (χ0n) is 15.4. The Labute approximate surface area is 157 Å². The first kappa shape index (κ1) is 18.5. The fourth-order valence-electron chi connectivity index (χ4n) is 3.38. The molecule has 1 unspecified atom stereocenters. The molecule has 1 aliphatic heterocycles. The summed E-state index contributed by atoms with van der Waals surface area (Å²) in [6, 6.07) is 3.71. The number of likely N-dealkylation sites (tertiary alicyclic amines) is 1. The summed E-state index contributed by atoms with van der Waals surface area (Å²) < 4.78 is 4.97. The van der Waals surface area contributed by atoms with Crippen molar-refractivity contribution in [3.63, 3.8) is 0 Å². The first-order valence-corrected chi connectivity index (χ1v) is 9.71. The lowest BCUT2D eigenvalue weighted by atomic mass is 10.0. The zero-order valence-corrected chi connectivity index (χ0v) is 16.2. The van der Waals surface area contributed by atoms with Gasteiger partial charge in [-0.1, -0.05) is 0 Å². The molecule has 0 aromatic carbocycles. The second-order valence-corrected chi connectivity index (χ2v) is 8.25. The van der Waals surface area contributed by atoms with Crippen LogP contribution in [0.3, 0.4) is 0 Å². The van der Waals surface area contributed by atoms with E-state index in [9.17, 15) is 9.59 Å².